The molecule has 0 radical (unpaired) electrons. The van der Waals surface area contributed by atoms with Crippen molar-refractivity contribution in [3.8, 4) is 11.5 Å². The van der Waals surface area contributed by atoms with Crippen molar-refractivity contribution in [3.63, 3.8) is 0 Å². The molecule has 2 aromatic heterocycles. The number of hydrogen-bond donors (Lipinski definition) is 1. The van der Waals surface area contributed by atoms with Crippen LogP contribution < -0.4 is 0 Å². The number of aliphatic hydroxyl groups excluding tert-OH is 1. The lowest BCUT2D eigenvalue weighted by molar-refractivity contribution is 0.140. The number of nitrogens with zero attached hydrogens (tertiary/aromatic N) is 5. The monoisotopic (exact) mass is 295 g/mol. The first-order chi connectivity index (χ1) is 10.8. The molecule has 3 aromatic rings. The third-order valence-corrected chi connectivity index (χ3v) is 3.42. The zero-order valence-corrected chi connectivity index (χ0v) is 12.1. The number of rotatable bonds is 6. The van der Waals surface area contributed by atoms with Crippen LogP contribution in [0.1, 0.15) is 12.0 Å². The minimum absolute atomic E-state index is 0.353. The number of aliphatic hydroxyl groups is 1. The first-order valence-corrected chi connectivity index (χ1v) is 7.22. The van der Waals surface area contributed by atoms with E-state index in [-0.39, 0.29) is 0 Å². The summed E-state index contributed by atoms with van der Waals surface area (Å²) in [4.78, 5) is 4.24. The molecule has 0 fully saturated rings. The lowest BCUT2D eigenvalue weighted by Gasteiger charge is -2.11. The molecule has 112 valence electrons. The second-order valence-corrected chi connectivity index (χ2v) is 5.08. The summed E-state index contributed by atoms with van der Waals surface area (Å²) < 4.78 is 1.60. The van der Waals surface area contributed by atoms with Crippen molar-refractivity contribution in [2.75, 3.05) is 0 Å². The third kappa shape index (κ3) is 3.53. The van der Waals surface area contributed by atoms with E-state index in [0.29, 0.717) is 24.5 Å². The summed E-state index contributed by atoms with van der Waals surface area (Å²) in [5.74, 6) is 0.569. The molecule has 3 rings (SSSR count). The Morgan fingerprint density at radius 3 is 2.64 bits per heavy atom. The van der Waals surface area contributed by atoms with Gasteiger partial charge in [0.2, 0.25) is 5.82 Å². The van der Waals surface area contributed by atoms with E-state index in [1.807, 2.05) is 36.4 Å². The van der Waals surface area contributed by atoms with E-state index in [2.05, 4.69) is 32.6 Å². The SMILES string of the molecule is O[C@H](CCc1ccccc1)Cn1nnnc1-c1ccccn1. The van der Waals surface area contributed by atoms with Gasteiger partial charge >= 0.3 is 0 Å². The predicted molar refractivity (Wildman–Crippen MR) is 81.8 cm³/mol. The van der Waals surface area contributed by atoms with Crippen LogP contribution >= 0.6 is 0 Å². The van der Waals surface area contributed by atoms with E-state index in [1.165, 1.54) is 5.56 Å². The highest BCUT2D eigenvalue weighted by molar-refractivity contribution is 5.47. The van der Waals surface area contributed by atoms with Gasteiger partial charge in [0.15, 0.2) is 0 Å². The van der Waals surface area contributed by atoms with Crippen molar-refractivity contribution in [3.05, 3.63) is 60.3 Å². The first kappa shape index (κ1) is 14.3. The predicted octanol–water partition coefficient (Wildman–Crippen LogP) is 1.73. The number of tetrazole rings is 1. The molecule has 2 heterocycles. The molecule has 22 heavy (non-hydrogen) atoms. The molecule has 1 aromatic carbocycles. The molecule has 0 amide bonds. The lowest BCUT2D eigenvalue weighted by Crippen LogP contribution is -2.18. The molecule has 0 saturated heterocycles. The first-order valence-electron chi connectivity index (χ1n) is 7.22. The molecule has 0 bridgehead atoms. The van der Waals surface area contributed by atoms with Crippen molar-refractivity contribution >= 4 is 0 Å². The average molecular weight is 295 g/mol. The molecule has 0 unspecified atom stereocenters. The van der Waals surface area contributed by atoms with Crippen molar-refractivity contribution in [2.24, 2.45) is 0 Å². The molecular weight excluding hydrogens is 278 g/mol. The maximum Gasteiger partial charge on any atom is 0.200 e. The van der Waals surface area contributed by atoms with Crippen LogP contribution in [0.4, 0.5) is 0 Å². The number of aromatic nitrogens is 5. The van der Waals surface area contributed by atoms with Crippen molar-refractivity contribution in [1.82, 2.24) is 25.2 Å². The van der Waals surface area contributed by atoms with Crippen LogP contribution in [0.25, 0.3) is 11.5 Å². The molecule has 1 N–H and O–H groups in total. The third-order valence-electron chi connectivity index (χ3n) is 3.42. The maximum atomic E-state index is 10.2. The maximum absolute atomic E-state index is 10.2. The molecule has 0 spiro atoms. The fraction of sp³-hybridized carbons (Fsp3) is 0.250. The van der Waals surface area contributed by atoms with E-state index < -0.39 is 6.10 Å². The highest BCUT2D eigenvalue weighted by Crippen LogP contribution is 2.13. The van der Waals surface area contributed by atoms with Gasteiger partial charge in [-0.25, -0.2) is 4.68 Å². The van der Waals surface area contributed by atoms with Crippen LogP contribution in [0.2, 0.25) is 0 Å². The Bertz CT molecular complexity index is 699. The van der Waals surface area contributed by atoms with Gasteiger partial charge in [0, 0.05) is 6.20 Å². The van der Waals surface area contributed by atoms with Crippen molar-refractivity contribution in [2.45, 2.75) is 25.5 Å². The molecule has 1 atom stereocenters. The second-order valence-electron chi connectivity index (χ2n) is 5.08. The van der Waals surface area contributed by atoms with Crippen LogP contribution in [0.3, 0.4) is 0 Å². The second kappa shape index (κ2) is 6.91. The van der Waals surface area contributed by atoms with Gasteiger partial charge in [-0.05, 0) is 41.0 Å². The number of pyridine rings is 1. The van der Waals surface area contributed by atoms with Gasteiger partial charge in [-0.2, -0.15) is 0 Å². The van der Waals surface area contributed by atoms with E-state index >= 15 is 0 Å². The Labute approximate surface area is 128 Å². The Kier molecular flexibility index (Phi) is 4.50. The number of aryl methyl sites for hydroxylation is 1. The van der Waals surface area contributed by atoms with Gasteiger partial charge < -0.3 is 5.11 Å². The van der Waals surface area contributed by atoms with E-state index in [0.717, 1.165) is 6.42 Å². The zero-order valence-electron chi connectivity index (χ0n) is 12.1. The average Bonchev–Trinajstić information content (AvgIpc) is 3.03. The Morgan fingerprint density at radius 1 is 1.05 bits per heavy atom. The van der Waals surface area contributed by atoms with Gasteiger partial charge in [-0.3, -0.25) is 4.98 Å². The minimum atomic E-state index is -0.508. The standard InChI is InChI=1S/C16H17N5O/c22-14(10-9-13-6-2-1-3-7-13)12-21-16(18-19-20-21)15-8-4-5-11-17-15/h1-8,11,14,22H,9-10,12H2/t14-/m1/s1. The Balaban J connectivity index is 1.63. The fourth-order valence-electron chi connectivity index (χ4n) is 2.27. The van der Waals surface area contributed by atoms with Crippen molar-refractivity contribution in [1.29, 1.82) is 0 Å². The molecule has 0 aliphatic rings. The fourth-order valence-corrected chi connectivity index (χ4v) is 2.27. The Hall–Kier alpha value is -2.60. The van der Waals surface area contributed by atoms with Crippen LogP contribution in [-0.2, 0) is 13.0 Å². The summed E-state index contributed by atoms with van der Waals surface area (Å²) in [5, 5.41) is 21.8. The van der Waals surface area contributed by atoms with Crippen LogP contribution in [0, 0.1) is 0 Å². The smallest absolute Gasteiger partial charge is 0.200 e. The van der Waals surface area contributed by atoms with E-state index in [1.54, 1.807) is 10.9 Å². The lowest BCUT2D eigenvalue weighted by atomic mass is 10.1. The quantitative estimate of drug-likeness (QED) is 0.749. The molecule has 6 heteroatoms. The normalized spacial score (nSPS) is 12.2. The van der Waals surface area contributed by atoms with Gasteiger partial charge in [-0.1, -0.05) is 36.4 Å². The van der Waals surface area contributed by atoms with E-state index in [4.69, 9.17) is 0 Å². The molecule has 0 aliphatic carbocycles. The van der Waals surface area contributed by atoms with Gasteiger partial charge in [0.1, 0.15) is 5.69 Å². The minimum Gasteiger partial charge on any atom is -0.391 e. The van der Waals surface area contributed by atoms with Crippen molar-refractivity contribution < 1.29 is 5.11 Å². The summed E-state index contributed by atoms with van der Waals surface area (Å²) in [6.07, 6.45) is 2.67. The number of hydrogen-bond acceptors (Lipinski definition) is 5. The summed E-state index contributed by atoms with van der Waals surface area (Å²) >= 11 is 0. The summed E-state index contributed by atoms with van der Waals surface area (Å²) in [7, 11) is 0. The number of benzene rings is 1. The van der Waals surface area contributed by atoms with E-state index in [9.17, 15) is 5.11 Å². The molecule has 0 aliphatic heterocycles. The van der Waals surface area contributed by atoms with Gasteiger partial charge in [-0.15, -0.1) is 5.10 Å². The molecular formula is C16H17N5O. The summed E-state index contributed by atoms with van der Waals surface area (Å²) in [5.41, 5.74) is 1.91. The summed E-state index contributed by atoms with van der Waals surface area (Å²) in [6, 6.07) is 15.7. The summed E-state index contributed by atoms with van der Waals surface area (Å²) in [6.45, 7) is 0.353. The molecule has 0 saturated carbocycles. The van der Waals surface area contributed by atoms with Crippen LogP contribution in [0.15, 0.2) is 54.7 Å². The highest BCUT2D eigenvalue weighted by Gasteiger charge is 2.13. The van der Waals surface area contributed by atoms with Crippen LogP contribution in [0.5, 0.6) is 0 Å². The van der Waals surface area contributed by atoms with Gasteiger partial charge in [0.05, 0.1) is 12.6 Å². The Morgan fingerprint density at radius 2 is 1.86 bits per heavy atom. The topological polar surface area (TPSA) is 76.7 Å². The van der Waals surface area contributed by atoms with Crippen LogP contribution in [-0.4, -0.2) is 36.4 Å². The van der Waals surface area contributed by atoms with Gasteiger partial charge in [0.25, 0.3) is 0 Å². The molecule has 6 nitrogen and oxygen atoms in total. The zero-order chi connectivity index (χ0) is 15.2. The largest absolute Gasteiger partial charge is 0.391 e. The highest BCUT2D eigenvalue weighted by atomic mass is 16.3.